The Hall–Kier alpha value is -0.900. The zero-order valence-electron chi connectivity index (χ0n) is 49.6. The molecule has 0 aromatic rings. The van der Waals surface area contributed by atoms with Gasteiger partial charge < -0.3 is 34.3 Å². The zero-order chi connectivity index (χ0) is 55.3. The third-order valence-electron chi connectivity index (χ3n) is 15.7. The summed E-state index contributed by atoms with van der Waals surface area (Å²) in [6.45, 7) is 4.10. The van der Waals surface area contributed by atoms with E-state index in [0.717, 1.165) is 38.5 Å². The fourth-order valence-electron chi connectivity index (χ4n) is 10.8. The van der Waals surface area contributed by atoms with Crippen LogP contribution in [-0.4, -0.2) is 97.5 Å². The molecule has 1 saturated heterocycles. The molecule has 0 amide bonds. The third kappa shape index (κ3) is 46.8. The van der Waals surface area contributed by atoms with Crippen molar-refractivity contribution in [3.63, 3.8) is 0 Å². The highest BCUT2D eigenvalue weighted by Gasteiger charge is 2.48. The minimum Gasteiger partial charge on any atom is -0.457 e. The Morgan fingerprint density at radius 2 is 0.750 bits per heavy atom. The van der Waals surface area contributed by atoms with Crippen molar-refractivity contribution in [2.75, 3.05) is 26.4 Å². The molecule has 0 saturated carbocycles. The number of hydrogen-bond donors (Lipinski definition) is 4. The molecular formula is C63H124O12S. The van der Waals surface area contributed by atoms with Gasteiger partial charge in [0.1, 0.15) is 30.5 Å². The highest BCUT2D eigenvalue weighted by molar-refractivity contribution is 7.80. The summed E-state index contributed by atoms with van der Waals surface area (Å²) in [4.78, 5) is 13.0. The van der Waals surface area contributed by atoms with E-state index in [2.05, 4.69) is 18.0 Å². The van der Waals surface area contributed by atoms with Gasteiger partial charge in [-0.3, -0.25) is 9.35 Å². The van der Waals surface area contributed by atoms with Gasteiger partial charge in [-0.15, -0.1) is 0 Å². The van der Waals surface area contributed by atoms with Gasteiger partial charge in [0.15, 0.2) is 6.29 Å². The molecule has 6 atom stereocenters. The number of esters is 1. The predicted octanol–water partition coefficient (Wildman–Crippen LogP) is 17.1. The summed E-state index contributed by atoms with van der Waals surface area (Å²) < 4.78 is 59.6. The van der Waals surface area contributed by atoms with E-state index in [0.29, 0.717) is 13.0 Å². The number of rotatable bonds is 60. The normalized spacial score (nSPS) is 18.4. The van der Waals surface area contributed by atoms with Gasteiger partial charge in [0.2, 0.25) is 0 Å². The fourth-order valence-corrected chi connectivity index (χ4v) is 11.3. The van der Waals surface area contributed by atoms with Crippen LogP contribution in [-0.2, 0) is 38.3 Å². The van der Waals surface area contributed by atoms with Gasteiger partial charge in [0.05, 0.1) is 19.8 Å². The quantitative estimate of drug-likeness (QED) is 0.0258. The molecule has 1 aliphatic heterocycles. The molecule has 12 nitrogen and oxygen atoms in total. The van der Waals surface area contributed by atoms with E-state index >= 15 is 0 Å². The molecule has 0 aromatic carbocycles. The largest absolute Gasteiger partial charge is 0.457 e. The Labute approximate surface area is 468 Å². The van der Waals surface area contributed by atoms with Crippen LogP contribution >= 0.6 is 0 Å². The molecule has 6 unspecified atom stereocenters. The lowest BCUT2D eigenvalue weighted by molar-refractivity contribution is -0.301. The van der Waals surface area contributed by atoms with Crippen molar-refractivity contribution in [1.82, 2.24) is 0 Å². The second-order valence-electron chi connectivity index (χ2n) is 23.1. The number of hydrogen-bond acceptors (Lipinski definition) is 11. The van der Waals surface area contributed by atoms with Crippen molar-refractivity contribution in [2.24, 2.45) is 0 Å². The van der Waals surface area contributed by atoms with Gasteiger partial charge in [0.25, 0.3) is 0 Å². The van der Waals surface area contributed by atoms with E-state index in [-0.39, 0.29) is 25.6 Å². The number of carbonyl (C=O) groups is 1. The lowest BCUT2D eigenvalue weighted by atomic mass is 9.99. The molecule has 1 aliphatic rings. The van der Waals surface area contributed by atoms with Crippen molar-refractivity contribution in [3.8, 4) is 0 Å². The van der Waals surface area contributed by atoms with Crippen molar-refractivity contribution in [1.29, 1.82) is 0 Å². The number of unbranched alkanes of at least 4 members (excludes halogenated alkanes) is 47. The minimum atomic E-state index is -5.06. The van der Waals surface area contributed by atoms with Gasteiger partial charge in [-0.25, -0.2) is 4.18 Å². The van der Waals surface area contributed by atoms with E-state index in [1.54, 1.807) is 0 Å². The molecule has 4 N–H and O–H groups in total. The van der Waals surface area contributed by atoms with E-state index in [9.17, 15) is 33.1 Å². The summed E-state index contributed by atoms with van der Waals surface area (Å²) in [6.07, 6.45) is 55.9. The highest BCUT2D eigenvalue weighted by atomic mass is 32.3. The van der Waals surface area contributed by atoms with Gasteiger partial charge in [0, 0.05) is 13.0 Å². The third-order valence-corrected chi connectivity index (χ3v) is 16.2. The highest BCUT2D eigenvalue weighted by Crippen LogP contribution is 2.26. The number of carbonyl (C=O) groups excluding carboxylic acids is 1. The van der Waals surface area contributed by atoms with Gasteiger partial charge >= 0.3 is 16.4 Å². The number of aliphatic hydroxyl groups excluding tert-OH is 3. The maximum atomic E-state index is 13.0. The molecule has 0 spiro atoms. The van der Waals surface area contributed by atoms with Crippen molar-refractivity contribution in [2.45, 2.75) is 372 Å². The molecule has 0 aromatic heterocycles. The lowest BCUT2D eigenvalue weighted by Crippen LogP contribution is -2.60. The average molecular weight is 1110 g/mol. The molecule has 1 heterocycles. The summed E-state index contributed by atoms with van der Waals surface area (Å²) in [5, 5.41) is 30.9. The standard InChI is InChI=1S/C63H124O12S/c1-3-5-7-9-11-13-15-17-19-21-23-25-27-28-29-31-33-35-37-39-41-43-45-47-49-51-53-71-55-57(56-72-63-61(67)62(75-76(68,69)70)60(66)58(54-64)74-63)73-59(65)52-50-48-46-44-42-40-38-36-34-32-30-26-24-22-20-18-16-14-12-10-8-6-4-2/h57-58,60-64,66-67H,3-56H2,1-2H3,(H,68,69,70). The monoisotopic (exact) mass is 1100 g/mol. The minimum absolute atomic E-state index is 0.0460. The second-order valence-corrected chi connectivity index (χ2v) is 24.1. The molecule has 76 heavy (non-hydrogen) atoms. The summed E-state index contributed by atoms with van der Waals surface area (Å²) >= 11 is 0. The Kier molecular flexibility index (Phi) is 52.6. The maximum absolute atomic E-state index is 13.0. The molecule has 13 heteroatoms. The molecule has 0 radical (unpaired) electrons. The smallest absolute Gasteiger partial charge is 0.397 e. The molecule has 0 bridgehead atoms. The summed E-state index contributed by atoms with van der Waals surface area (Å²) in [6, 6.07) is 0. The summed E-state index contributed by atoms with van der Waals surface area (Å²) in [7, 11) is -5.06. The fraction of sp³-hybridized carbons (Fsp3) is 0.984. The van der Waals surface area contributed by atoms with Gasteiger partial charge in [-0.05, 0) is 12.8 Å². The van der Waals surface area contributed by atoms with Crippen LogP contribution in [0.15, 0.2) is 0 Å². The topological polar surface area (TPSA) is 178 Å². The van der Waals surface area contributed by atoms with Crippen LogP contribution in [0.2, 0.25) is 0 Å². The van der Waals surface area contributed by atoms with Gasteiger partial charge in [-0.1, -0.05) is 316 Å². The molecule has 1 rings (SSSR count). The zero-order valence-corrected chi connectivity index (χ0v) is 50.4. The SMILES string of the molecule is CCCCCCCCCCCCCCCCCCCCCCCCCCCCOCC(COC1OC(CO)C(O)C(OS(=O)(=O)O)C1O)OC(=O)CCCCCCCCCCCCCCCCCCCCCCCCC. The Balaban J connectivity index is 2.21. The average Bonchev–Trinajstić information content (AvgIpc) is 3.40. The van der Waals surface area contributed by atoms with E-state index in [1.807, 2.05) is 0 Å². The molecule has 0 aliphatic carbocycles. The van der Waals surface area contributed by atoms with E-state index in [1.165, 1.54) is 270 Å². The van der Waals surface area contributed by atoms with Crippen LogP contribution in [0.4, 0.5) is 0 Å². The van der Waals surface area contributed by atoms with Crippen LogP contribution in [0, 0.1) is 0 Å². The van der Waals surface area contributed by atoms with Crippen molar-refractivity contribution >= 4 is 16.4 Å². The van der Waals surface area contributed by atoms with E-state index < -0.39 is 53.8 Å². The Morgan fingerprint density at radius 1 is 0.447 bits per heavy atom. The maximum Gasteiger partial charge on any atom is 0.397 e. The second kappa shape index (κ2) is 54.7. The predicted molar refractivity (Wildman–Crippen MR) is 313 cm³/mol. The van der Waals surface area contributed by atoms with Gasteiger partial charge in [-0.2, -0.15) is 8.42 Å². The molecule has 454 valence electrons. The van der Waals surface area contributed by atoms with Crippen LogP contribution in [0.5, 0.6) is 0 Å². The van der Waals surface area contributed by atoms with Crippen LogP contribution in [0.25, 0.3) is 0 Å². The summed E-state index contributed by atoms with van der Waals surface area (Å²) in [5.74, 6) is -0.387. The van der Waals surface area contributed by atoms with Crippen molar-refractivity contribution in [3.05, 3.63) is 0 Å². The number of ether oxygens (including phenoxy) is 4. The first-order valence-corrected chi connectivity index (χ1v) is 34.2. The Morgan fingerprint density at radius 3 is 1.05 bits per heavy atom. The first-order valence-electron chi connectivity index (χ1n) is 32.8. The van der Waals surface area contributed by atoms with Crippen LogP contribution in [0.3, 0.4) is 0 Å². The van der Waals surface area contributed by atoms with Crippen LogP contribution < -0.4 is 0 Å². The van der Waals surface area contributed by atoms with Crippen molar-refractivity contribution < 1.29 is 56.2 Å². The lowest BCUT2D eigenvalue weighted by Gasteiger charge is -2.41. The number of aliphatic hydroxyl groups is 3. The first kappa shape index (κ1) is 73.1. The van der Waals surface area contributed by atoms with Crippen LogP contribution in [0.1, 0.15) is 335 Å². The molecular weight excluding hydrogens is 981 g/mol. The summed E-state index contributed by atoms with van der Waals surface area (Å²) in [5.41, 5.74) is 0. The first-order chi connectivity index (χ1) is 37.1. The van der Waals surface area contributed by atoms with E-state index in [4.69, 9.17) is 18.9 Å². The Bertz CT molecular complexity index is 1320. The molecule has 1 fully saturated rings.